The van der Waals surface area contributed by atoms with Gasteiger partial charge in [-0.3, -0.25) is 0 Å². The topological polar surface area (TPSA) is 138 Å². The molecule has 5 aromatic carbocycles. The van der Waals surface area contributed by atoms with E-state index in [1.807, 2.05) is 18.2 Å². The monoisotopic (exact) mass is 978 g/mol. The molecule has 0 aromatic heterocycles. The smallest absolute Gasteiger partial charge is 0.421 e. The van der Waals surface area contributed by atoms with Crippen LogP contribution in [0.25, 0.3) is 0 Å². The average molecular weight is 979 g/mol. The summed E-state index contributed by atoms with van der Waals surface area (Å²) in [7, 11) is 0. The van der Waals surface area contributed by atoms with Gasteiger partial charge in [0.25, 0.3) is 0 Å². The van der Waals surface area contributed by atoms with Crippen molar-refractivity contribution in [3.05, 3.63) is 147 Å². The third kappa shape index (κ3) is 11.7. The molecule has 1 fully saturated rings. The Morgan fingerprint density at radius 2 is 1.00 bits per heavy atom. The van der Waals surface area contributed by atoms with E-state index in [0.29, 0.717) is 45.8 Å². The van der Waals surface area contributed by atoms with E-state index >= 15 is 0 Å². The number of fused-ring (bicyclic) bond motifs is 6. The highest BCUT2D eigenvalue weighted by molar-refractivity contribution is 5.47. The quantitative estimate of drug-likeness (QED) is 0.104. The molecular weight excluding hydrogens is 928 g/mol. The van der Waals surface area contributed by atoms with Gasteiger partial charge in [0.15, 0.2) is 11.7 Å². The van der Waals surface area contributed by atoms with Crippen LogP contribution in [0, 0.1) is 0 Å². The van der Waals surface area contributed by atoms with E-state index in [4.69, 9.17) is 19.3 Å². The van der Waals surface area contributed by atoms with Crippen LogP contribution in [0.3, 0.4) is 0 Å². The summed E-state index contributed by atoms with van der Waals surface area (Å²) in [4.78, 5) is 0. The summed E-state index contributed by atoms with van der Waals surface area (Å²) in [6, 6.07) is 23.5. The van der Waals surface area contributed by atoms with Crippen molar-refractivity contribution in [1.29, 1.82) is 0 Å². The molecule has 11 rings (SSSR count). The summed E-state index contributed by atoms with van der Waals surface area (Å²) < 4.78 is 132. The van der Waals surface area contributed by atoms with Crippen molar-refractivity contribution < 1.29 is 84.0 Å². The van der Waals surface area contributed by atoms with E-state index < -0.39 is 42.8 Å². The summed E-state index contributed by atoms with van der Waals surface area (Å²) in [6.07, 6.45) is -11.8. The summed E-state index contributed by atoms with van der Waals surface area (Å²) in [5.74, 6) is 0.375. The van der Waals surface area contributed by atoms with Crippen LogP contribution in [0.2, 0.25) is 0 Å². The van der Waals surface area contributed by atoms with Gasteiger partial charge in [-0.05, 0) is 149 Å². The number of phenols is 5. The van der Waals surface area contributed by atoms with E-state index in [9.17, 15) is 59.9 Å². The van der Waals surface area contributed by atoms with Crippen LogP contribution in [-0.4, -0.2) is 50.7 Å². The lowest BCUT2D eigenvalue weighted by Crippen LogP contribution is -2.38. The second kappa shape index (κ2) is 19.2. The molecule has 69 heavy (non-hydrogen) atoms. The zero-order chi connectivity index (χ0) is 50.3. The van der Waals surface area contributed by atoms with Crippen molar-refractivity contribution in [1.82, 2.24) is 0 Å². The van der Waals surface area contributed by atoms with Crippen molar-refractivity contribution in [3.8, 4) is 28.7 Å². The van der Waals surface area contributed by atoms with E-state index in [1.165, 1.54) is 84.3 Å². The number of halogens is 9. The van der Waals surface area contributed by atoms with Gasteiger partial charge < -0.3 is 44.5 Å². The lowest BCUT2D eigenvalue weighted by molar-refractivity contribution is -0.272. The summed E-state index contributed by atoms with van der Waals surface area (Å²) in [5.41, 5.74) is 5.61. The Morgan fingerprint density at radius 1 is 0.522 bits per heavy atom. The molecule has 6 aliphatic rings. The molecule has 1 spiro atoms. The predicted octanol–water partition coefficient (Wildman–Crippen LogP) is 12.7. The Bertz CT molecular complexity index is 2640. The summed E-state index contributed by atoms with van der Waals surface area (Å²) in [6.45, 7) is 6.66. The van der Waals surface area contributed by atoms with Crippen molar-refractivity contribution >= 4 is 0 Å². The number of aryl methyl sites for hydroxylation is 1. The molecule has 5 N–H and O–H groups in total. The molecule has 18 heteroatoms. The van der Waals surface area contributed by atoms with Crippen LogP contribution in [0.4, 0.5) is 39.5 Å². The molecule has 4 aliphatic heterocycles. The zero-order valence-corrected chi connectivity index (χ0v) is 37.7. The van der Waals surface area contributed by atoms with Gasteiger partial charge in [-0.1, -0.05) is 44.2 Å². The minimum atomic E-state index is -4.48. The molecule has 0 amide bonds. The zero-order valence-electron chi connectivity index (χ0n) is 37.7. The molecule has 3 atom stereocenters. The number of benzene rings is 5. The lowest BCUT2D eigenvalue weighted by Gasteiger charge is -2.32. The van der Waals surface area contributed by atoms with Crippen LogP contribution in [-0.2, 0) is 68.2 Å². The number of ether oxygens (including phenoxy) is 4. The molecule has 372 valence electrons. The highest BCUT2D eigenvalue weighted by atomic mass is 19.4. The number of rotatable bonds is 1. The first-order valence-corrected chi connectivity index (χ1v) is 21.9. The molecular formula is C51H51F9O9. The highest BCUT2D eigenvalue weighted by Crippen LogP contribution is 2.57. The van der Waals surface area contributed by atoms with Crippen molar-refractivity contribution in [2.45, 2.75) is 126 Å². The molecule has 4 heterocycles. The molecule has 0 radical (unpaired) electrons. The number of hydrogen-bond donors (Lipinski definition) is 5. The normalized spacial score (nSPS) is 21.8. The molecule has 2 aliphatic carbocycles. The fourth-order valence-electron chi connectivity index (χ4n) is 9.10. The van der Waals surface area contributed by atoms with Gasteiger partial charge in [-0.2, -0.15) is 39.5 Å². The minimum absolute atomic E-state index is 0.00463. The first-order valence-electron chi connectivity index (χ1n) is 21.9. The van der Waals surface area contributed by atoms with Crippen molar-refractivity contribution in [2.24, 2.45) is 0 Å². The van der Waals surface area contributed by atoms with E-state index in [0.717, 1.165) is 25.7 Å². The van der Waals surface area contributed by atoms with Gasteiger partial charge in [0, 0.05) is 11.0 Å². The third-order valence-electron chi connectivity index (χ3n) is 13.0. The van der Waals surface area contributed by atoms with Crippen LogP contribution >= 0.6 is 0 Å². The SMILES string of the molecule is CC1(C(F)(F)F)OCc2ccc(O)cc21.CC1(C)COCc2ccc(O)cc21.Oc1ccc2c(c1)C(C(F)(F)F)OC2.Oc1ccc2c(c1)C(CC(F)(F)F)OC2.Oc1ccc2c(c1)C1(CC2)CC1. The fraction of sp³-hybridized carbons (Fsp3) is 0.412. The van der Waals surface area contributed by atoms with Crippen molar-refractivity contribution in [2.75, 3.05) is 6.61 Å². The molecule has 5 aromatic rings. The number of hydrogen-bond acceptors (Lipinski definition) is 9. The second-order valence-electron chi connectivity index (χ2n) is 18.6. The number of aromatic hydroxyl groups is 5. The first-order chi connectivity index (χ1) is 32.2. The maximum atomic E-state index is 12.7. The third-order valence-corrected chi connectivity index (χ3v) is 13.0. The van der Waals surface area contributed by atoms with Crippen LogP contribution in [0.5, 0.6) is 28.7 Å². The van der Waals surface area contributed by atoms with Crippen LogP contribution < -0.4 is 0 Å². The van der Waals surface area contributed by atoms with E-state index in [1.54, 1.807) is 18.2 Å². The molecule has 3 unspecified atom stereocenters. The van der Waals surface area contributed by atoms with Gasteiger partial charge in [0.2, 0.25) is 0 Å². The maximum absolute atomic E-state index is 12.7. The van der Waals surface area contributed by atoms with E-state index in [-0.39, 0.29) is 53.6 Å². The number of alkyl halides is 9. The Morgan fingerprint density at radius 3 is 1.55 bits per heavy atom. The van der Waals surface area contributed by atoms with Gasteiger partial charge >= 0.3 is 18.5 Å². The number of phenolic OH excluding ortho intramolecular Hbond substituents is 5. The highest BCUT2D eigenvalue weighted by Gasteiger charge is 2.57. The van der Waals surface area contributed by atoms with Gasteiger partial charge in [-0.15, -0.1) is 0 Å². The standard InChI is InChI=1S/C11H14O2.C11H12O.2C10H9F3O2.C9H7F3O2/c1-11(2)7-13-6-8-3-4-9(12)5-10(8)11;12-9-2-1-8-3-4-11(5-6-11)10(8)7-9;1-9(10(11,12)13)8-4-7(14)3-2-6(8)5-15-9;11-10(12,13)4-9-8-3-7(14)2-1-6(8)5-15-9;10-9(11,12)8-7-3-6(13)2-1-5(7)4-14-8/h3-5,12H,6-7H2,1-2H3;1-2,7,12H,3-6H2;2-4,14H,5H2,1H3;1-3,9,14H,4-5H2;1-3,8,13H,4H2. The molecule has 0 bridgehead atoms. The summed E-state index contributed by atoms with van der Waals surface area (Å²) in [5, 5.41) is 46.1. The predicted molar refractivity (Wildman–Crippen MR) is 232 cm³/mol. The van der Waals surface area contributed by atoms with Gasteiger partial charge in [-0.25, -0.2) is 0 Å². The van der Waals surface area contributed by atoms with Gasteiger partial charge in [0.1, 0.15) is 28.7 Å². The average Bonchev–Trinajstić information content (AvgIpc) is 3.47. The maximum Gasteiger partial charge on any atom is 0.421 e. The molecule has 0 saturated heterocycles. The molecule has 1 saturated carbocycles. The Labute approximate surface area is 391 Å². The largest absolute Gasteiger partial charge is 0.508 e. The molecule has 9 nitrogen and oxygen atoms in total. The summed E-state index contributed by atoms with van der Waals surface area (Å²) >= 11 is 0. The fourth-order valence-corrected chi connectivity index (χ4v) is 9.10. The lowest BCUT2D eigenvalue weighted by atomic mass is 9.81. The van der Waals surface area contributed by atoms with Crippen LogP contribution in [0.15, 0.2) is 91.0 Å². The van der Waals surface area contributed by atoms with E-state index in [2.05, 4.69) is 24.7 Å². The van der Waals surface area contributed by atoms with Crippen LogP contribution in [0.1, 0.15) is 114 Å². The first kappa shape index (κ1) is 51.2. The Balaban J connectivity index is 0.000000128. The van der Waals surface area contributed by atoms with Gasteiger partial charge in [0.05, 0.1) is 45.6 Å². The van der Waals surface area contributed by atoms with Crippen molar-refractivity contribution in [3.63, 3.8) is 0 Å². The Kier molecular flexibility index (Phi) is 14.3. The minimum Gasteiger partial charge on any atom is -0.508 e. The second-order valence-corrected chi connectivity index (χ2v) is 18.6. The Hall–Kier alpha value is -5.69.